The maximum atomic E-state index is 11.9. The van der Waals surface area contributed by atoms with Crippen LogP contribution < -0.4 is 10.6 Å². The van der Waals surface area contributed by atoms with Crippen molar-refractivity contribution in [2.24, 2.45) is 0 Å². The van der Waals surface area contributed by atoms with Crippen LogP contribution in [0, 0.1) is 13.8 Å². The maximum absolute atomic E-state index is 11.9. The first-order chi connectivity index (χ1) is 8.16. The average Bonchev–Trinajstić information content (AvgIpc) is 2.66. The molecule has 1 aliphatic rings. The molecule has 1 aliphatic heterocycles. The second kappa shape index (κ2) is 5.60. The van der Waals surface area contributed by atoms with E-state index >= 15 is 0 Å². The predicted octanol–water partition coefficient (Wildman–Crippen LogP) is 1.52. The van der Waals surface area contributed by atoms with E-state index in [4.69, 9.17) is 0 Å². The molecule has 0 aromatic carbocycles. The molecule has 0 unspecified atom stereocenters. The van der Waals surface area contributed by atoms with Crippen molar-refractivity contribution in [2.45, 2.75) is 45.7 Å². The summed E-state index contributed by atoms with van der Waals surface area (Å²) >= 11 is 1.66. The third-order valence-corrected chi connectivity index (χ3v) is 4.12. The lowest BCUT2D eigenvalue weighted by Crippen LogP contribution is -2.46. The summed E-state index contributed by atoms with van der Waals surface area (Å²) in [6, 6.07) is -0.00178. The minimum atomic E-state index is -0.00178. The Kier molecular flexibility index (Phi) is 4.12. The quantitative estimate of drug-likeness (QED) is 0.858. The Morgan fingerprint density at radius 2 is 2.35 bits per heavy atom. The van der Waals surface area contributed by atoms with Crippen molar-refractivity contribution in [1.29, 1.82) is 0 Å². The Morgan fingerprint density at radius 3 is 2.94 bits per heavy atom. The van der Waals surface area contributed by atoms with Crippen molar-refractivity contribution >= 4 is 17.2 Å². The molecule has 2 heterocycles. The van der Waals surface area contributed by atoms with E-state index in [1.54, 1.807) is 11.3 Å². The second-order valence-electron chi connectivity index (χ2n) is 4.46. The van der Waals surface area contributed by atoms with Gasteiger partial charge >= 0.3 is 0 Å². The molecule has 4 nitrogen and oxygen atoms in total. The Balaban J connectivity index is 1.85. The lowest BCUT2D eigenvalue weighted by atomic mass is 10.0. The molecule has 1 aromatic heterocycles. The SMILES string of the molecule is Cc1nc(C)c(CNC(=O)[C@@H]2CCCCN2)s1. The number of aryl methyl sites for hydroxylation is 2. The molecule has 0 saturated carbocycles. The highest BCUT2D eigenvalue weighted by molar-refractivity contribution is 7.11. The molecule has 1 atom stereocenters. The van der Waals surface area contributed by atoms with Crippen molar-refractivity contribution < 1.29 is 4.79 Å². The summed E-state index contributed by atoms with van der Waals surface area (Å²) in [6.07, 6.45) is 3.27. The number of hydrogen-bond donors (Lipinski definition) is 2. The van der Waals surface area contributed by atoms with E-state index in [1.165, 1.54) is 6.42 Å². The molecule has 94 valence electrons. The van der Waals surface area contributed by atoms with Crippen LogP contribution in [0.2, 0.25) is 0 Å². The molecule has 2 rings (SSSR count). The van der Waals surface area contributed by atoms with Gasteiger partial charge in [-0.15, -0.1) is 11.3 Å². The van der Waals surface area contributed by atoms with Crippen molar-refractivity contribution in [3.63, 3.8) is 0 Å². The summed E-state index contributed by atoms with van der Waals surface area (Å²) < 4.78 is 0. The average molecular weight is 253 g/mol. The van der Waals surface area contributed by atoms with Crippen LogP contribution in [0.5, 0.6) is 0 Å². The fraction of sp³-hybridized carbons (Fsp3) is 0.667. The van der Waals surface area contributed by atoms with Gasteiger partial charge < -0.3 is 10.6 Å². The molecule has 1 aromatic rings. The van der Waals surface area contributed by atoms with Crippen LogP contribution in [-0.2, 0) is 11.3 Å². The Hall–Kier alpha value is -0.940. The zero-order valence-corrected chi connectivity index (χ0v) is 11.2. The number of carbonyl (C=O) groups excluding carboxylic acids is 1. The number of amides is 1. The number of carbonyl (C=O) groups is 1. The molecule has 0 bridgehead atoms. The largest absolute Gasteiger partial charge is 0.350 e. The normalized spacial score (nSPS) is 20.2. The Bertz CT molecular complexity index is 396. The van der Waals surface area contributed by atoms with E-state index in [0.717, 1.165) is 35.0 Å². The fourth-order valence-electron chi connectivity index (χ4n) is 2.10. The maximum Gasteiger partial charge on any atom is 0.237 e. The van der Waals surface area contributed by atoms with Gasteiger partial charge in [0.15, 0.2) is 0 Å². The first kappa shape index (κ1) is 12.5. The van der Waals surface area contributed by atoms with Crippen LogP contribution in [-0.4, -0.2) is 23.5 Å². The van der Waals surface area contributed by atoms with E-state index in [2.05, 4.69) is 15.6 Å². The summed E-state index contributed by atoms with van der Waals surface area (Å²) in [7, 11) is 0. The van der Waals surface area contributed by atoms with Crippen molar-refractivity contribution in [1.82, 2.24) is 15.6 Å². The van der Waals surface area contributed by atoms with Gasteiger partial charge in [0.25, 0.3) is 0 Å². The van der Waals surface area contributed by atoms with Crippen molar-refractivity contribution in [2.75, 3.05) is 6.54 Å². The van der Waals surface area contributed by atoms with Gasteiger partial charge in [-0.2, -0.15) is 0 Å². The van der Waals surface area contributed by atoms with E-state index in [9.17, 15) is 4.79 Å². The highest BCUT2D eigenvalue weighted by Gasteiger charge is 2.20. The van der Waals surface area contributed by atoms with Crippen LogP contribution in [0.4, 0.5) is 0 Å². The van der Waals surface area contributed by atoms with Crippen LogP contribution in [0.25, 0.3) is 0 Å². The van der Waals surface area contributed by atoms with Gasteiger partial charge in [0, 0.05) is 4.88 Å². The number of hydrogen-bond acceptors (Lipinski definition) is 4. The summed E-state index contributed by atoms with van der Waals surface area (Å²) in [4.78, 5) is 17.4. The first-order valence-corrected chi connectivity index (χ1v) is 6.92. The molecule has 5 heteroatoms. The zero-order chi connectivity index (χ0) is 12.3. The smallest absolute Gasteiger partial charge is 0.237 e. The third-order valence-electron chi connectivity index (χ3n) is 3.05. The van der Waals surface area contributed by atoms with Crippen LogP contribution in [0.15, 0.2) is 0 Å². The first-order valence-electron chi connectivity index (χ1n) is 6.11. The molecule has 0 aliphatic carbocycles. The molecule has 0 radical (unpaired) electrons. The number of aromatic nitrogens is 1. The number of piperidine rings is 1. The molecular formula is C12H19N3OS. The van der Waals surface area contributed by atoms with E-state index in [0.29, 0.717) is 6.54 Å². The molecule has 0 spiro atoms. The molecule has 2 N–H and O–H groups in total. The van der Waals surface area contributed by atoms with Crippen LogP contribution in [0.1, 0.15) is 34.8 Å². The number of thiazole rings is 1. The molecule has 17 heavy (non-hydrogen) atoms. The lowest BCUT2D eigenvalue weighted by Gasteiger charge is -2.22. The van der Waals surface area contributed by atoms with E-state index in [1.807, 2.05) is 13.8 Å². The van der Waals surface area contributed by atoms with Gasteiger partial charge in [-0.1, -0.05) is 6.42 Å². The highest BCUT2D eigenvalue weighted by Crippen LogP contribution is 2.16. The van der Waals surface area contributed by atoms with Crippen LogP contribution in [0.3, 0.4) is 0 Å². The summed E-state index contributed by atoms with van der Waals surface area (Å²) in [5, 5.41) is 7.30. The van der Waals surface area contributed by atoms with Gasteiger partial charge in [-0.25, -0.2) is 4.98 Å². The highest BCUT2D eigenvalue weighted by atomic mass is 32.1. The van der Waals surface area contributed by atoms with Gasteiger partial charge in [0.1, 0.15) is 0 Å². The minimum absolute atomic E-state index is 0.00178. The Morgan fingerprint density at radius 1 is 1.53 bits per heavy atom. The minimum Gasteiger partial charge on any atom is -0.350 e. The second-order valence-corrected chi connectivity index (χ2v) is 5.75. The molecule has 1 saturated heterocycles. The number of rotatable bonds is 3. The van der Waals surface area contributed by atoms with Gasteiger partial charge in [0.05, 0.1) is 23.3 Å². The molecular weight excluding hydrogens is 234 g/mol. The topological polar surface area (TPSA) is 54.0 Å². The van der Waals surface area contributed by atoms with Crippen LogP contribution >= 0.6 is 11.3 Å². The summed E-state index contributed by atoms with van der Waals surface area (Å²) in [5.74, 6) is 0.121. The van der Waals surface area contributed by atoms with Gasteiger partial charge in [0.2, 0.25) is 5.91 Å². The number of nitrogens with one attached hydrogen (secondary N) is 2. The fourth-order valence-corrected chi connectivity index (χ4v) is 2.98. The zero-order valence-electron chi connectivity index (χ0n) is 10.4. The lowest BCUT2D eigenvalue weighted by molar-refractivity contribution is -0.123. The van der Waals surface area contributed by atoms with E-state index < -0.39 is 0 Å². The summed E-state index contributed by atoms with van der Waals surface area (Å²) in [5.41, 5.74) is 1.03. The standard InChI is InChI=1S/C12H19N3OS/c1-8-11(17-9(2)15-8)7-14-12(16)10-5-3-4-6-13-10/h10,13H,3-7H2,1-2H3,(H,14,16)/t10-/m0/s1. The van der Waals surface area contributed by atoms with Crippen molar-refractivity contribution in [3.05, 3.63) is 15.6 Å². The van der Waals surface area contributed by atoms with Crippen molar-refractivity contribution in [3.8, 4) is 0 Å². The van der Waals surface area contributed by atoms with E-state index in [-0.39, 0.29) is 11.9 Å². The van der Waals surface area contributed by atoms with Gasteiger partial charge in [-0.3, -0.25) is 4.79 Å². The molecule has 1 fully saturated rings. The predicted molar refractivity (Wildman–Crippen MR) is 69.1 cm³/mol. The summed E-state index contributed by atoms with van der Waals surface area (Å²) in [6.45, 7) is 5.54. The third kappa shape index (κ3) is 3.26. The number of nitrogens with zero attached hydrogens (tertiary/aromatic N) is 1. The monoisotopic (exact) mass is 253 g/mol. The Labute approximate surface area is 106 Å². The van der Waals surface area contributed by atoms with Gasteiger partial charge in [-0.05, 0) is 33.2 Å². The molecule has 1 amide bonds.